The van der Waals surface area contributed by atoms with Gasteiger partial charge in [0.15, 0.2) is 5.82 Å². The molecule has 1 atom stereocenters. The van der Waals surface area contributed by atoms with Crippen LogP contribution in [0.15, 0.2) is 58.7 Å². The zero-order valence-corrected chi connectivity index (χ0v) is 34.2. The van der Waals surface area contributed by atoms with E-state index < -0.39 is 90.0 Å². The number of thioether (sulfide) groups is 1. The predicted octanol–water partition coefficient (Wildman–Crippen LogP) is 9.76. The van der Waals surface area contributed by atoms with E-state index in [2.05, 4.69) is 32.0 Å². The lowest BCUT2D eigenvalue weighted by atomic mass is 9.93. The van der Waals surface area contributed by atoms with E-state index in [4.69, 9.17) is 22.3 Å². The van der Waals surface area contributed by atoms with Crippen LogP contribution in [0.25, 0.3) is 22.0 Å². The Balaban J connectivity index is 1.53. The fourth-order valence-electron chi connectivity index (χ4n) is 6.40. The first-order chi connectivity index (χ1) is 27.9. The first-order valence-electron chi connectivity index (χ1n) is 18.3. The fraction of sp³-hybridized carbons (Fsp3) is 0.400. The van der Waals surface area contributed by atoms with Crippen molar-refractivity contribution in [2.75, 3.05) is 17.5 Å². The monoisotopic (exact) mass is 883 g/mol. The maximum absolute atomic E-state index is 14.9. The highest BCUT2D eigenvalue weighted by Crippen LogP contribution is 2.43. The van der Waals surface area contributed by atoms with Crippen LogP contribution in [0.4, 0.5) is 40.9 Å². The Morgan fingerprint density at radius 1 is 1.10 bits per heavy atom. The highest BCUT2D eigenvalue weighted by atomic mass is 35.5. The van der Waals surface area contributed by atoms with Gasteiger partial charge in [0.05, 0.1) is 38.1 Å². The summed E-state index contributed by atoms with van der Waals surface area (Å²) in [7, 11) is 0. The lowest BCUT2D eigenvalue weighted by Gasteiger charge is -2.23. The number of aliphatic imine (C=N–C) groups is 1. The minimum atomic E-state index is -3.65. The van der Waals surface area contributed by atoms with Crippen LogP contribution in [0.1, 0.15) is 62.5 Å². The van der Waals surface area contributed by atoms with Gasteiger partial charge in [-0.2, -0.15) is 13.9 Å². The number of nitrogens with zero attached hydrogens (tertiary/aromatic N) is 4. The number of alkyl halides is 6. The summed E-state index contributed by atoms with van der Waals surface area (Å²) in [6.07, 6.45) is -3.94. The SMILES string of the molecule is CSC(C)(C)C#Cc1ccc(-c2ccc(Cl)c3c(NSC4CC4)nn(CC(F)F)c23)c(C(Cc2cc(F)cc(F)c2)NC(=O)CN=C2C(=C(N)C(F)F)CCC2(F)F)n1. The largest absolute Gasteiger partial charge is 0.397 e. The number of hydrogen-bond acceptors (Lipinski definition) is 8. The molecule has 2 aromatic carbocycles. The van der Waals surface area contributed by atoms with Crippen molar-refractivity contribution in [3.05, 3.63) is 87.3 Å². The second-order valence-corrected chi connectivity index (χ2v) is 17.4. The zero-order valence-electron chi connectivity index (χ0n) is 31.8. The average Bonchev–Trinajstić information content (AvgIpc) is 3.85. The number of rotatable bonds is 14. The van der Waals surface area contributed by atoms with Crippen LogP contribution in [-0.4, -0.2) is 68.0 Å². The van der Waals surface area contributed by atoms with Crippen LogP contribution in [0.3, 0.4) is 0 Å². The number of aromatic nitrogens is 3. The Kier molecular flexibility index (Phi) is 13.5. The van der Waals surface area contributed by atoms with Crippen LogP contribution in [0.5, 0.6) is 0 Å². The van der Waals surface area contributed by atoms with Crippen molar-refractivity contribution in [2.24, 2.45) is 10.7 Å². The van der Waals surface area contributed by atoms with Gasteiger partial charge in [-0.3, -0.25) is 14.5 Å². The first-order valence-corrected chi connectivity index (χ1v) is 20.8. The predicted molar refractivity (Wildman–Crippen MR) is 217 cm³/mol. The molecule has 2 saturated carbocycles. The highest BCUT2D eigenvalue weighted by Gasteiger charge is 2.45. The Morgan fingerprint density at radius 3 is 2.44 bits per heavy atom. The summed E-state index contributed by atoms with van der Waals surface area (Å²) < 4.78 is 118. The van der Waals surface area contributed by atoms with E-state index in [-0.39, 0.29) is 45.3 Å². The molecule has 2 aromatic heterocycles. The summed E-state index contributed by atoms with van der Waals surface area (Å²) in [5.74, 6) is -0.121. The quantitative estimate of drug-likeness (QED) is 0.0658. The van der Waals surface area contributed by atoms with Gasteiger partial charge in [-0.1, -0.05) is 23.6 Å². The van der Waals surface area contributed by atoms with E-state index in [1.807, 2.05) is 20.1 Å². The van der Waals surface area contributed by atoms with Crippen LogP contribution in [0, 0.1) is 23.5 Å². The van der Waals surface area contributed by atoms with E-state index in [9.17, 15) is 39.9 Å². The Morgan fingerprint density at radius 2 is 1.80 bits per heavy atom. The van der Waals surface area contributed by atoms with Gasteiger partial charge in [0, 0.05) is 34.4 Å². The summed E-state index contributed by atoms with van der Waals surface area (Å²) >= 11 is 9.57. The molecule has 2 aliphatic rings. The normalized spacial score (nSPS) is 17.4. The van der Waals surface area contributed by atoms with Crippen molar-refractivity contribution in [2.45, 2.75) is 87.3 Å². The molecule has 59 heavy (non-hydrogen) atoms. The number of pyridine rings is 1. The van der Waals surface area contributed by atoms with Crippen LogP contribution < -0.4 is 15.8 Å². The van der Waals surface area contributed by atoms with Crippen molar-refractivity contribution < 1.29 is 39.9 Å². The van der Waals surface area contributed by atoms with Crippen molar-refractivity contribution in [3.8, 4) is 23.0 Å². The van der Waals surface area contributed by atoms with Gasteiger partial charge in [0.25, 0.3) is 18.8 Å². The van der Waals surface area contributed by atoms with Gasteiger partial charge in [0.1, 0.15) is 36.1 Å². The third kappa shape index (κ3) is 10.6. The van der Waals surface area contributed by atoms with E-state index in [1.54, 1.807) is 24.3 Å². The molecule has 6 rings (SSSR count). The summed E-state index contributed by atoms with van der Waals surface area (Å²) in [6.45, 7) is 1.97. The number of amides is 1. The highest BCUT2D eigenvalue weighted by molar-refractivity contribution is 8.01. The van der Waals surface area contributed by atoms with Crippen LogP contribution >= 0.6 is 35.3 Å². The maximum atomic E-state index is 14.9. The summed E-state index contributed by atoms with van der Waals surface area (Å²) in [4.78, 5) is 22.3. The molecule has 1 amide bonds. The number of halogens is 9. The van der Waals surface area contributed by atoms with Crippen molar-refractivity contribution in [1.82, 2.24) is 20.1 Å². The number of fused-ring (bicyclic) bond motifs is 1. The Hall–Kier alpha value is -4.47. The molecule has 1 unspecified atom stereocenters. The van der Waals surface area contributed by atoms with E-state index in [0.717, 1.165) is 29.7 Å². The number of nitrogens with two attached hydrogens (primary N) is 1. The van der Waals surface area contributed by atoms with Gasteiger partial charge >= 0.3 is 0 Å². The number of anilines is 1. The summed E-state index contributed by atoms with van der Waals surface area (Å²) in [5, 5.41) is 7.96. The molecule has 2 heterocycles. The molecular weight excluding hydrogens is 846 g/mol. The second kappa shape index (κ2) is 18.0. The summed E-state index contributed by atoms with van der Waals surface area (Å²) in [6, 6.07) is 7.69. The minimum absolute atomic E-state index is 0.0495. The summed E-state index contributed by atoms with van der Waals surface area (Å²) in [5.41, 5.74) is 3.82. The first kappa shape index (κ1) is 44.1. The lowest BCUT2D eigenvalue weighted by molar-refractivity contribution is -0.120. The van der Waals surface area contributed by atoms with Gasteiger partial charge < -0.3 is 15.8 Å². The van der Waals surface area contributed by atoms with E-state index >= 15 is 0 Å². The molecule has 0 aliphatic heterocycles. The molecule has 0 bridgehead atoms. The molecule has 2 fully saturated rings. The van der Waals surface area contributed by atoms with Crippen LogP contribution in [0.2, 0.25) is 5.02 Å². The molecule has 0 radical (unpaired) electrons. The second-order valence-electron chi connectivity index (χ2n) is 14.5. The molecule has 0 saturated heterocycles. The molecule has 314 valence electrons. The van der Waals surface area contributed by atoms with Gasteiger partial charge in [0.2, 0.25) is 5.91 Å². The lowest BCUT2D eigenvalue weighted by Crippen LogP contribution is -2.34. The molecule has 2 aliphatic carbocycles. The number of hydrogen-bond donors (Lipinski definition) is 3. The van der Waals surface area contributed by atoms with E-state index in [1.165, 1.54) is 23.7 Å². The number of carbonyl (C=O) groups excluding carboxylic acids is 1. The topological polar surface area (TPSA) is 110 Å². The maximum Gasteiger partial charge on any atom is 0.289 e. The van der Waals surface area contributed by atoms with Crippen molar-refractivity contribution in [1.29, 1.82) is 0 Å². The van der Waals surface area contributed by atoms with Gasteiger partial charge in [-0.05, 0) is 99.6 Å². The molecule has 19 heteroatoms. The number of benzene rings is 2. The Bertz CT molecular complexity index is 2350. The fourth-order valence-corrected chi connectivity index (χ4v) is 7.58. The molecule has 4 aromatic rings. The molecular formula is C40H38ClF8N7OS2. The third-order valence-corrected chi connectivity index (χ3v) is 12.1. The molecule has 8 nitrogen and oxygen atoms in total. The minimum Gasteiger partial charge on any atom is -0.397 e. The number of carbonyl (C=O) groups is 1. The molecule has 0 spiro atoms. The molecule has 4 N–H and O–H groups in total. The van der Waals surface area contributed by atoms with Gasteiger partial charge in [-0.15, -0.1) is 11.8 Å². The van der Waals surface area contributed by atoms with Gasteiger partial charge in [-0.25, -0.2) is 31.3 Å². The number of allylic oxidation sites excluding steroid dienone is 2. The van der Waals surface area contributed by atoms with Crippen LogP contribution in [-0.2, 0) is 17.8 Å². The van der Waals surface area contributed by atoms with E-state index in [0.29, 0.717) is 22.3 Å². The zero-order chi connectivity index (χ0) is 42.8. The number of nitrogens with one attached hydrogen (secondary N) is 2. The standard InChI is InChI=1S/C40H38ClF8N7OS2/c1-39(2,58-3)12-10-23-4-7-25(26-8-9-28(41)32-35(26)56(19-30(44)45)54-38(32)55-59-24-5-6-24)34(52-23)29(16-20-14-21(42)17-22(43)15-20)53-31(57)18-51-36-27(33(50)37(46)47)11-13-40(36,48)49/h4,7-9,14-15,17,24,29-30,37H,5-6,11,13,16,18-19,50H2,1-3H3,(H,53,57)(H,54,55). The van der Waals surface area contributed by atoms with Crippen molar-refractivity contribution >= 4 is 63.7 Å². The Labute approximate surface area is 348 Å². The van der Waals surface area contributed by atoms with Crippen molar-refractivity contribution in [3.63, 3.8) is 0 Å². The third-order valence-electron chi connectivity index (χ3n) is 9.53. The smallest absolute Gasteiger partial charge is 0.289 e. The average molecular weight is 884 g/mol.